The van der Waals surface area contributed by atoms with Crippen molar-refractivity contribution in [3.05, 3.63) is 22.6 Å². The second kappa shape index (κ2) is 3.95. The van der Waals surface area contributed by atoms with Crippen molar-refractivity contribution in [1.29, 1.82) is 0 Å². The number of aromatic nitrogens is 2. The van der Waals surface area contributed by atoms with E-state index in [-0.39, 0.29) is 27.6 Å². The van der Waals surface area contributed by atoms with Gasteiger partial charge in [0.05, 0.1) is 5.25 Å². The molecule has 0 unspecified atom stereocenters. The number of rotatable bonds is 2. The normalized spacial score (nSPS) is 35.8. The van der Waals surface area contributed by atoms with Crippen LogP contribution < -0.4 is 5.56 Å². The minimum atomic E-state index is -0.169. The van der Waals surface area contributed by atoms with Crippen molar-refractivity contribution in [3.8, 4) is 0 Å². The van der Waals surface area contributed by atoms with Crippen molar-refractivity contribution in [3.63, 3.8) is 0 Å². The van der Waals surface area contributed by atoms with Crippen LogP contribution in [0.2, 0.25) is 0 Å². The van der Waals surface area contributed by atoms with Crippen LogP contribution in [0.15, 0.2) is 22.2 Å². The van der Waals surface area contributed by atoms with E-state index in [0.29, 0.717) is 10.9 Å². The number of carbonyl (C=O) groups is 1. The zero-order chi connectivity index (χ0) is 13.8. The van der Waals surface area contributed by atoms with Gasteiger partial charge in [-0.3, -0.25) is 9.59 Å². The highest BCUT2D eigenvalue weighted by Gasteiger charge is 2.66. The molecule has 0 radical (unpaired) electrons. The van der Waals surface area contributed by atoms with Gasteiger partial charge in [0.1, 0.15) is 5.78 Å². The number of thioether (sulfide) groups is 1. The highest BCUT2D eigenvalue weighted by atomic mass is 32.2. The molecule has 0 aromatic carbocycles. The number of hydrogen-bond donors (Lipinski definition) is 1. The standard InChI is InChI=1S/C14H18N2O2S/c1-13(2)8-4-6-14(13,3)11(10(8)18)19-12-15-7-5-9(17)16-12/h5,7-8,11H,4,6H2,1-3H3,(H,15,16,17)/t8-,11+,14-/m0/s1. The first-order valence-electron chi connectivity index (χ1n) is 6.62. The number of H-pyrrole nitrogens is 1. The Morgan fingerprint density at radius 3 is 2.68 bits per heavy atom. The van der Waals surface area contributed by atoms with E-state index >= 15 is 0 Å². The molecular weight excluding hydrogens is 260 g/mol. The second-order valence-electron chi connectivity index (χ2n) is 6.37. The summed E-state index contributed by atoms with van der Waals surface area (Å²) in [6.07, 6.45) is 3.57. The molecule has 0 aliphatic heterocycles. The van der Waals surface area contributed by atoms with Gasteiger partial charge in [-0.05, 0) is 23.7 Å². The molecule has 5 heteroatoms. The van der Waals surface area contributed by atoms with Crippen LogP contribution in [-0.2, 0) is 4.79 Å². The Bertz CT molecular complexity index is 595. The summed E-state index contributed by atoms with van der Waals surface area (Å²) in [6, 6.07) is 1.39. The fourth-order valence-electron chi connectivity index (χ4n) is 3.70. The maximum absolute atomic E-state index is 12.5. The molecule has 1 N–H and O–H groups in total. The maximum Gasteiger partial charge on any atom is 0.251 e. The lowest BCUT2D eigenvalue weighted by Gasteiger charge is -2.37. The number of Topliss-reactive ketones (excluding diaryl/α,β-unsaturated/α-hetero) is 1. The summed E-state index contributed by atoms with van der Waals surface area (Å²) >= 11 is 1.42. The summed E-state index contributed by atoms with van der Waals surface area (Å²) in [6.45, 7) is 6.60. The zero-order valence-corrected chi connectivity index (χ0v) is 12.2. The monoisotopic (exact) mass is 278 g/mol. The van der Waals surface area contributed by atoms with Crippen LogP contribution >= 0.6 is 11.8 Å². The first kappa shape index (κ1) is 12.9. The van der Waals surface area contributed by atoms with Gasteiger partial charge in [0, 0.05) is 18.2 Å². The predicted octanol–water partition coefficient (Wildman–Crippen LogP) is 2.26. The number of hydrogen-bond acceptors (Lipinski definition) is 4. The molecule has 2 bridgehead atoms. The lowest BCUT2D eigenvalue weighted by molar-refractivity contribution is -0.122. The van der Waals surface area contributed by atoms with Gasteiger partial charge in [-0.25, -0.2) is 4.98 Å². The van der Waals surface area contributed by atoms with Gasteiger partial charge >= 0.3 is 0 Å². The fourth-order valence-corrected chi connectivity index (χ4v) is 5.17. The average molecular weight is 278 g/mol. The van der Waals surface area contributed by atoms with Crippen molar-refractivity contribution >= 4 is 17.5 Å². The van der Waals surface area contributed by atoms with E-state index in [1.54, 1.807) is 0 Å². The van der Waals surface area contributed by atoms with Crippen molar-refractivity contribution < 1.29 is 4.79 Å². The molecule has 2 saturated carbocycles. The Kier molecular flexibility index (Phi) is 2.68. The number of nitrogens with one attached hydrogen (secondary N) is 1. The highest BCUT2D eigenvalue weighted by molar-refractivity contribution is 8.00. The van der Waals surface area contributed by atoms with E-state index < -0.39 is 0 Å². The lowest BCUT2D eigenvalue weighted by Crippen LogP contribution is -2.36. The van der Waals surface area contributed by atoms with Crippen LogP contribution in [0, 0.1) is 16.7 Å². The van der Waals surface area contributed by atoms with Crippen molar-refractivity contribution in [2.75, 3.05) is 0 Å². The fraction of sp³-hybridized carbons (Fsp3) is 0.643. The molecular formula is C14H18N2O2S. The molecule has 1 aromatic rings. The maximum atomic E-state index is 12.5. The van der Waals surface area contributed by atoms with E-state index in [4.69, 9.17) is 0 Å². The molecule has 0 spiro atoms. The van der Waals surface area contributed by atoms with Gasteiger partial charge in [0.25, 0.3) is 5.56 Å². The highest BCUT2D eigenvalue weighted by Crippen LogP contribution is 2.66. The minimum absolute atomic E-state index is 0.00613. The van der Waals surface area contributed by atoms with Gasteiger partial charge in [-0.1, -0.05) is 32.5 Å². The molecule has 2 fully saturated rings. The van der Waals surface area contributed by atoms with Gasteiger partial charge < -0.3 is 4.98 Å². The molecule has 1 aromatic heterocycles. The number of nitrogens with zero attached hydrogens (tertiary/aromatic N) is 1. The number of fused-ring (bicyclic) bond motifs is 2. The SMILES string of the molecule is CC1(C)[C@H]2CC[C@@]1(C)[C@H](Sc1nccc(=O)[nH]1)C2=O. The third-order valence-corrected chi connectivity index (χ3v) is 6.77. The average Bonchev–Trinajstić information content (AvgIpc) is 2.63. The third-order valence-electron chi connectivity index (χ3n) is 5.35. The molecule has 0 saturated heterocycles. The summed E-state index contributed by atoms with van der Waals surface area (Å²) < 4.78 is 0. The van der Waals surface area contributed by atoms with Gasteiger partial charge in [0.15, 0.2) is 5.16 Å². The van der Waals surface area contributed by atoms with Crippen LogP contribution in [0.5, 0.6) is 0 Å². The Morgan fingerprint density at radius 1 is 1.37 bits per heavy atom. The topological polar surface area (TPSA) is 62.8 Å². The van der Waals surface area contributed by atoms with Crippen LogP contribution in [0.4, 0.5) is 0 Å². The molecule has 102 valence electrons. The smallest absolute Gasteiger partial charge is 0.251 e. The number of carbonyl (C=O) groups excluding carboxylic acids is 1. The van der Waals surface area contributed by atoms with Gasteiger partial charge in [0.2, 0.25) is 0 Å². The van der Waals surface area contributed by atoms with Crippen LogP contribution in [0.25, 0.3) is 0 Å². The minimum Gasteiger partial charge on any atom is -0.301 e. The molecule has 2 aliphatic carbocycles. The summed E-state index contributed by atoms with van der Waals surface area (Å²) in [5.41, 5.74) is -0.137. The molecule has 3 atom stereocenters. The van der Waals surface area contributed by atoms with Crippen molar-refractivity contribution in [2.45, 2.75) is 44.0 Å². The largest absolute Gasteiger partial charge is 0.301 e. The van der Waals surface area contributed by atoms with Gasteiger partial charge in [-0.2, -0.15) is 0 Å². The summed E-state index contributed by atoms with van der Waals surface area (Å²) in [7, 11) is 0. The van der Waals surface area contributed by atoms with Crippen molar-refractivity contribution in [2.24, 2.45) is 16.7 Å². The molecule has 3 rings (SSSR count). The molecule has 4 nitrogen and oxygen atoms in total. The van der Waals surface area contributed by atoms with E-state index in [1.165, 1.54) is 24.0 Å². The molecule has 1 heterocycles. The summed E-state index contributed by atoms with van der Waals surface area (Å²) in [4.78, 5) is 30.7. The zero-order valence-electron chi connectivity index (χ0n) is 11.4. The Labute approximate surface area is 116 Å². The second-order valence-corrected chi connectivity index (χ2v) is 7.46. The molecule has 2 aliphatic rings. The van der Waals surface area contributed by atoms with Crippen LogP contribution in [-0.4, -0.2) is 21.0 Å². The van der Waals surface area contributed by atoms with Crippen LogP contribution in [0.1, 0.15) is 33.6 Å². The van der Waals surface area contributed by atoms with Crippen molar-refractivity contribution in [1.82, 2.24) is 9.97 Å². The lowest BCUT2D eigenvalue weighted by atomic mass is 9.71. The number of ketones is 1. The summed E-state index contributed by atoms with van der Waals surface area (Å²) in [5, 5.41) is 0.460. The van der Waals surface area contributed by atoms with Gasteiger partial charge in [-0.15, -0.1) is 0 Å². The quantitative estimate of drug-likeness (QED) is 0.843. The first-order chi connectivity index (χ1) is 8.86. The van der Waals surface area contributed by atoms with Crippen LogP contribution in [0.3, 0.4) is 0 Å². The van der Waals surface area contributed by atoms with E-state index in [0.717, 1.165) is 12.8 Å². The Morgan fingerprint density at radius 2 is 2.11 bits per heavy atom. The van der Waals surface area contributed by atoms with E-state index in [9.17, 15) is 9.59 Å². The Balaban J connectivity index is 1.95. The third kappa shape index (κ3) is 1.64. The summed E-state index contributed by atoms with van der Waals surface area (Å²) in [5.74, 6) is 0.487. The van der Waals surface area contributed by atoms with E-state index in [2.05, 4.69) is 30.7 Å². The first-order valence-corrected chi connectivity index (χ1v) is 7.50. The predicted molar refractivity (Wildman–Crippen MR) is 74.1 cm³/mol. The molecule has 19 heavy (non-hydrogen) atoms. The Hall–Kier alpha value is -1.10. The van der Waals surface area contributed by atoms with E-state index in [1.807, 2.05) is 0 Å². The number of aromatic amines is 1. The molecule has 0 amide bonds.